The highest BCUT2D eigenvalue weighted by Gasteiger charge is 2.45. The van der Waals surface area contributed by atoms with Gasteiger partial charge in [0, 0.05) is 5.41 Å². The fraction of sp³-hybridized carbons (Fsp3) is 0.302. The number of benzene rings is 4. The Bertz CT molecular complexity index is 2120. The van der Waals surface area contributed by atoms with Gasteiger partial charge in [0.15, 0.2) is 0 Å². The molecule has 1 saturated carbocycles. The zero-order chi connectivity index (χ0) is 37.8. The number of cyclic esters (lactones) is 4. The maximum Gasteiger partial charge on any atom is 0.346 e. The molecule has 7 rings (SSSR count). The van der Waals surface area contributed by atoms with Crippen LogP contribution >= 0.6 is 0 Å². The summed E-state index contributed by atoms with van der Waals surface area (Å²) < 4.78 is 21.1. The van der Waals surface area contributed by atoms with Crippen molar-refractivity contribution in [3.63, 3.8) is 0 Å². The van der Waals surface area contributed by atoms with Crippen molar-refractivity contribution in [2.75, 3.05) is 0 Å². The van der Waals surface area contributed by atoms with Crippen LogP contribution in [0, 0.1) is 11.3 Å². The molecule has 10 nitrogen and oxygen atoms in total. The molecular formula is C43H38O10. The number of hydrogen-bond acceptors (Lipinski definition) is 10. The third-order valence-electron chi connectivity index (χ3n) is 10.5. The van der Waals surface area contributed by atoms with Gasteiger partial charge in [0.25, 0.3) is 0 Å². The summed E-state index contributed by atoms with van der Waals surface area (Å²) in [7, 11) is 0. The van der Waals surface area contributed by atoms with E-state index < -0.39 is 41.2 Å². The Labute approximate surface area is 306 Å². The molecule has 0 bridgehead atoms. The van der Waals surface area contributed by atoms with Crippen molar-refractivity contribution < 1.29 is 47.7 Å². The molecule has 0 aromatic heterocycles. The first-order valence-corrected chi connectivity index (χ1v) is 17.7. The Morgan fingerprint density at radius 3 is 1.47 bits per heavy atom. The van der Waals surface area contributed by atoms with Gasteiger partial charge in [-0.3, -0.25) is 0 Å². The minimum atomic E-state index is -0.795. The number of ether oxygens (including phenoxy) is 4. The molecule has 0 spiro atoms. The molecule has 0 radical (unpaired) electrons. The smallest absolute Gasteiger partial charge is 0.346 e. The number of esters is 6. The average molecular weight is 715 g/mol. The molecule has 2 heterocycles. The maximum absolute atomic E-state index is 13.3. The van der Waals surface area contributed by atoms with Gasteiger partial charge in [-0.1, -0.05) is 58.9 Å². The van der Waals surface area contributed by atoms with Crippen LogP contribution in [0.5, 0.6) is 11.5 Å². The lowest BCUT2D eigenvalue weighted by Crippen LogP contribution is -2.41. The van der Waals surface area contributed by atoms with Crippen molar-refractivity contribution in [1.29, 1.82) is 0 Å². The van der Waals surface area contributed by atoms with Crippen LogP contribution in [0.15, 0.2) is 72.8 Å². The van der Waals surface area contributed by atoms with Crippen LogP contribution in [-0.4, -0.2) is 35.8 Å². The lowest BCUT2D eigenvalue weighted by atomic mass is 9.55. The standard InChI is InChI=1S/C43H38O10/c1-6-24-16-28(10-14-34(24)50-36(44)26-8-12-30-32(18-26)40(48)52-38(30)46)43(21-23(3)20-42(4,5)22-43)29-11-15-35(25(7-2)17-29)51-37(45)27-9-13-31-33(19-27)41(49)53-39(31)47/h8-19,23H,6-7,20-22H2,1-5H3. The van der Waals surface area contributed by atoms with Crippen LogP contribution in [0.4, 0.5) is 0 Å². The SMILES string of the molecule is CCc1cc(C2(c3ccc(OC(=O)c4ccc5c(c4)C(=O)OC5=O)c(CC)c3)CC(C)CC(C)(C)C2)ccc1OC(=O)c1ccc2c(c1)C(=O)OC2=O. The summed E-state index contributed by atoms with van der Waals surface area (Å²) >= 11 is 0. The number of hydrogen-bond donors (Lipinski definition) is 0. The predicted molar refractivity (Wildman–Crippen MR) is 192 cm³/mol. The largest absolute Gasteiger partial charge is 0.423 e. The number of aryl methyl sites for hydroxylation is 2. The van der Waals surface area contributed by atoms with E-state index in [0.29, 0.717) is 30.3 Å². The minimum Gasteiger partial charge on any atom is -0.423 e. The zero-order valence-electron chi connectivity index (χ0n) is 30.1. The molecule has 3 aliphatic rings. The fourth-order valence-corrected chi connectivity index (χ4v) is 8.43. The Kier molecular flexibility index (Phi) is 8.88. The van der Waals surface area contributed by atoms with E-state index in [2.05, 4.69) is 42.4 Å². The van der Waals surface area contributed by atoms with Crippen LogP contribution in [-0.2, 0) is 27.7 Å². The van der Waals surface area contributed by atoms with Crippen LogP contribution < -0.4 is 9.47 Å². The quantitative estimate of drug-likeness (QED) is 0.100. The molecular weight excluding hydrogens is 676 g/mol. The Morgan fingerprint density at radius 1 is 0.623 bits per heavy atom. The molecule has 53 heavy (non-hydrogen) atoms. The van der Waals surface area contributed by atoms with Crippen LogP contribution in [0.3, 0.4) is 0 Å². The molecule has 4 aromatic rings. The van der Waals surface area contributed by atoms with E-state index in [1.165, 1.54) is 36.4 Å². The molecule has 4 aromatic carbocycles. The van der Waals surface area contributed by atoms with E-state index in [4.69, 9.17) is 9.47 Å². The van der Waals surface area contributed by atoms with Gasteiger partial charge >= 0.3 is 35.8 Å². The Morgan fingerprint density at radius 2 is 1.06 bits per heavy atom. The molecule has 0 N–H and O–H groups in total. The van der Waals surface area contributed by atoms with E-state index in [0.717, 1.165) is 41.5 Å². The van der Waals surface area contributed by atoms with Crippen LogP contribution in [0.1, 0.15) is 138 Å². The van der Waals surface area contributed by atoms with Gasteiger partial charge in [0.05, 0.1) is 33.4 Å². The fourth-order valence-electron chi connectivity index (χ4n) is 8.43. The number of carbonyl (C=O) groups excluding carboxylic acids is 6. The lowest BCUT2D eigenvalue weighted by Gasteiger charge is -2.49. The molecule has 1 aliphatic carbocycles. The highest BCUT2D eigenvalue weighted by atomic mass is 16.6. The number of rotatable bonds is 8. The monoisotopic (exact) mass is 714 g/mol. The summed E-state index contributed by atoms with van der Waals surface area (Å²) in [4.78, 5) is 74.5. The molecule has 2 aliphatic heterocycles. The van der Waals surface area contributed by atoms with Crippen molar-refractivity contribution in [1.82, 2.24) is 0 Å². The van der Waals surface area contributed by atoms with Gasteiger partial charge in [0.2, 0.25) is 0 Å². The topological polar surface area (TPSA) is 139 Å². The molecule has 10 heteroatoms. The summed E-state index contributed by atoms with van der Waals surface area (Å²) in [5.41, 5.74) is 3.97. The van der Waals surface area contributed by atoms with Gasteiger partial charge in [-0.2, -0.15) is 0 Å². The molecule has 0 amide bonds. The van der Waals surface area contributed by atoms with Gasteiger partial charge in [-0.25, -0.2) is 28.8 Å². The number of fused-ring (bicyclic) bond motifs is 2. The second-order valence-electron chi connectivity index (χ2n) is 14.9. The van der Waals surface area contributed by atoms with Crippen molar-refractivity contribution in [3.8, 4) is 11.5 Å². The van der Waals surface area contributed by atoms with E-state index in [1.807, 2.05) is 38.1 Å². The van der Waals surface area contributed by atoms with Gasteiger partial charge in [0.1, 0.15) is 11.5 Å². The maximum atomic E-state index is 13.3. The van der Waals surface area contributed by atoms with Crippen molar-refractivity contribution in [2.24, 2.45) is 11.3 Å². The molecule has 1 unspecified atom stereocenters. The summed E-state index contributed by atoms with van der Waals surface area (Å²) in [5.74, 6) is -3.19. The molecule has 270 valence electrons. The summed E-state index contributed by atoms with van der Waals surface area (Å²) in [5, 5.41) is 0. The first kappa shape index (κ1) is 35.5. The second kappa shape index (κ2) is 13.3. The van der Waals surface area contributed by atoms with Crippen molar-refractivity contribution >= 4 is 35.8 Å². The van der Waals surface area contributed by atoms with Crippen molar-refractivity contribution in [3.05, 3.63) is 128 Å². The normalized spacial score (nSPS) is 18.2. The van der Waals surface area contributed by atoms with E-state index in [1.54, 1.807) is 0 Å². The Balaban J connectivity index is 1.21. The van der Waals surface area contributed by atoms with Gasteiger partial charge in [-0.05, 0) is 114 Å². The van der Waals surface area contributed by atoms with Gasteiger partial charge < -0.3 is 18.9 Å². The van der Waals surface area contributed by atoms with Crippen LogP contribution in [0.2, 0.25) is 0 Å². The third-order valence-corrected chi connectivity index (χ3v) is 10.5. The van der Waals surface area contributed by atoms with Gasteiger partial charge in [-0.15, -0.1) is 0 Å². The molecule has 0 saturated heterocycles. The van der Waals surface area contributed by atoms with Crippen LogP contribution in [0.25, 0.3) is 0 Å². The Hall–Kier alpha value is -5.90. The zero-order valence-corrected chi connectivity index (χ0v) is 30.1. The third kappa shape index (κ3) is 6.43. The van der Waals surface area contributed by atoms with E-state index >= 15 is 0 Å². The lowest BCUT2D eigenvalue weighted by molar-refractivity contribution is 0.0425. The average Bonchev–Trinajstić information content (AvgIpc) is 3.58. The van der Waals surface area contributed by atoms with Crippen molar-refractivity contribution in [2.45, 2.75) is 72.1 Å². The highest BCUT2D eigenvalue weighted by molar-refractivity contribution is 6.16. The predicted octanol–water partition coefficient (Wildman–Crippen LogP) is 8.00. The number of carbonyl (C=O) groups is 6. The summed E-state index contributed by atoms with van der Waals surface area (Å²) in [6.07, 6.45) is 3.94. The first-order valence-electron chi connectivity index (χ1n) is 17.7. The highest BCUT2D eigenvalue weighted by Crippen LogP contribution is 2.54. The summed E-state index contributed by atoms with van der Waals surface area (Å²) in [6, 6.07) is 20.2. The second-order valence-corrected chi connectivity index (χ2v) is 14.9. The van der Waals surface area contributed by atoms with E-state index in [-0.39, 0.29) is 38.8 Å². The summed E-state index contributed by atoms with van der Waals surface area (Å²) in [6.45, 7) is 10.8. The molecule has 1 fully saturated rings. The van der Waals surface area contributed by atoms with E-state index in [9.17, 15) is 28.8 Å². The first-order chi connectivity index (χ1) is 25.2. The molecule has 1 atom stereocenters. The minimum absolute atomic E-state index is 0.00109.